The van der Waals surface area contributed by atoms with Gasteiger partial charge in [-0.2, -0.15) is 0 Å². The summed E-state index contributed by atoms with van der Waals surface area (Å²) >= 11 is 12.1. The molecule has 0 fully saturated rings. The highest BCUT2D eigenvalue weighted by atomic mass is 35.5. The third kappa shape index (κ3) is 4.71. The van der Waals surface area contributed by atoms with Crippen molar-refractivity contribution >= 4 is 34.8 Å². The highest BCUT2D eigenvalue weighted by molar-refractivity contribution is 6.32. The monoisotopic (exact) mass is 383 g/mol. The molecule has 2 aromatic rings. The maximum atomic E-state index is 12.4. The number of carbonyl (C=O) groups excluding carboxylic acids is 1. The van der Waals surface area contributed by atoms with Gasteiger partial charge in [0.2, 0.25) is 0 Å². The second-order valence-electron chi connectivity index (χ2n) is 5.35. The molecule has 0 heterocycles. The van der Waals surface area contributed by atoms with Crippen molar-refractivity contribution in [1.29, 1.82) is 0 Å². The molecule has 7 heteroatoms. The molecule has 134 valence electrons. The number of hydrogen-bond donors (Lipinski definition) is 1. The minimum atomic E-state index is -0.730. The van der Waals surface area contributed by atoms with Gasteiger partial charge in [-0.15, -0.1) is 0 Å². The van der Waals surface area contributed by atoms with Crippen LogP contribution in [0.3, 0.4) is 0 Å². The van der Waals surface area contributed by atoms with Crippen LogP contribution in [0.15, 0.2) is 30.3 Å². The fourth-order valence-corrected chi connectivity index (χ4v) is 2.49. The van der Waals surface area contributed by atoms with E-state index in [1.165, 1.54) is 14.2 Å². The zero-order chi connectivity index (χ0) is 18.6. The van der Waals surface area contributed by atoms with Gasteiger partial charge in [-0.25, -0.2) is 0 Å². The fourth-order valence-electron chi connectivity index (χ4n) is 2.14. The molecule has 0 aliphatic rings. The summed E-state index contributed by atoms with van der Waals surface area (Å²) in [6, 6.07) is 8.38. The molecule has 1 atom stereocenters. The first-order valence-electron chi connectivity index (χ1n) is 7.51. The van der Waals surface area contributed by atoms with Crippen LogP contribution in [0.2, 0.25) is 10.0 Å². The number of carbonyl (C=O) groups is 1. The predicted molar refractivity (Wildman–Crippen MR) is 99.5 cm³/mol. The molecular weight excluding hydrogens is 365 g/mol. The van der Waals surface area contributed by atoms with Gasteiger partial charge in [0.05, 0.1) is 24.9 Å². The van der Waals surface area contributed by atoms with Gasteiger partial charge in [-0.3, -0.25) is 4.79 Å². The number of halogens is 2. The van der Waals surface area contributed by atoms with E-state index >= 15 is 0 Å². The Hall–Kier alpha value is -2.11. The molecule has 1 N–H and O–H groups in total. The number of hydrogen-bond acceptors (Lipinski definition) is 4. The highest BCUT2D eigenvalue weighted by Crippen LogP contribution is 2.36. The van der Waals surface area contributed by atoms with Gasteiger partial charge >= 0.3 is 0 Å². The van der Waals surface area contributed by atoms with E-state index in [0.717, 1.165) is 5.56 Å². The lowest BCUT2D eigenvalue weighted by molar-refractivity contribution is -0.122. The zero-order valence-corrected chi connectivity index (χ0v) is 15.9. The molecule has 1 amide bonds. The lowest BCUT2D eigenvalue weighted by atomic mass is 10.2. The van der Waals surface area contributed by atoms with Crippen molar-refractivity contribution in [2.75, 3.05) is 19.5 Å². The zero-order valence-electron chi connectivity index (χ0n) is 14.4. The minimum Gasteiger partial charge on any atom is -0.495 e. The molecule has 0 aromatic heterocycles. The summed E-state index contributed by atoms with van der Waals surface area (Å²) in [6.07, 6.45) is -0.730. The SMILES string of the molecule is COc1cc(NC(=O)[C@@H](C)Oc2ccc(Cl)c(C)c2)c(OC)cc1Cl. The van der Waals surface area contributed by atoms with Crippen LogP contribution in [0.25, 0.3) is 0 Å². The Morgan fingerprint density at radius 3 is 2.32 bits per heavy atom. The molecule has 0 spiro atoms. The Labute approximate surface area is 156 Å². The van der Waals surface area contributed by atoms with E-state index in [4.69, 9.17) is 37.4 Å². The van der Waals surface area contributed by atoms with E-state index < -0.39 is 6.10 Å². The van der Waals surface area contributed by atoms with Crippen LogP contribution in [0.1, 0.15) is 12.5 Å². The van der Waals surface area contributed by atoms with E-state index in [2.05, 4.69) is 5.32 Å². The number of nitrogens with one attached hydrogen (secondary N) is 1. The third-order valence-corrected chi connectivity index (χ3v) is 4.26. The molecule has 5 nitrogen and oxygen atoms in total. The minimum absolute atomic E-state index is 0.338. The van der Waals surface area contributed by atoms with Gasteiger partial charge in [0.25, 0.3) is 5.91 Å². The van der Waals surface area contributed by atoms with Gasteiger partial charge < -0.3 is 19.5 Å². The van der Waals surface area contributed by atoms with Crippen LogP contribution in [0.4, 0.5) is 5.69 Å². The van der Waals surface area contributed by atoms with Gasteiger partial charge in [0, 0.05) is 17.2 Å². The first-order chi connectivity index (χ1) is 11.8. The van der Waals surface area contributed by atoms with E-state index in [1.54, 1.807) is 37.3 Å². The molecule has 0 bridgehead atoms. The summed E-state index contributed by atoms with van der Waals surface area (Å²) in [7, 11) is 2.98. The fraction of sp³-hybridized carbons (Fsp3) is 0.278. The molecule has 25 heavy (non-hydrogen) atoms. The Balaban J connectivity index is 2.14. The number of ether oxygens (including phenoxy) is 3. The van der Waals surface area contributed by atoms with Gasteiger partial charge in [-0.05, 0) is 37.6 Å². The van der Waals surface area contributed by atoms with E-state index in [0.29, 0.717) is 33.0 Å². The van der Waals surface area contributed by atoms with Crippen LogP contribution in [0.5, 0.6) is 17.2 Å². The second kappa shape index (κ2) is 8.32. The number of anilines is 1. The molecule has 0 aliphatic heterocycles. The molecule has 2 aromatic carbocycles. The average Bonchev–Trinajstić information content (AvgIpc) is 2.59. The van der Waals surface area contributed by atoms with Gasteiger partial charge in [0.15, 0.2) is 6.10 Å². The van der Waals surface area contributed by atoms with Crippen molar-refractivity contribution in [3.63, 3.8) is 0 Å². The van der Waals surface area contributed by atoms with E-state index in [-0.39, 0.29) is 5.91 Å². The van der Waals surface area contributed by atoms with Crippen molar-refractivity contribution in [2.45, 2.75) is 20.0 Å². The summed E-state index contributed by atoms with van der Waals surface area (Å²) in [5.41, 5.74) is 1.31. The summed E-state index contributed by atoms with van der Waals surface area (Å²) < 4.78 is 16.1. The van der Waals surface area contributed by atoms with Gasteiger partial charge in [-0.1, -0.05) is 23.2 Å². The van der Waals surface area contributed by atoms with Crippen LogP contribution in [0, 0.1) is 6.92 Å². The summed E-state index contributed by atoms with van der Waals surface area (Å²) in [6.45, 7) is 3.52. The van der Waals surface area contributed by atoms with Crippen molar-refractivity contribution in [3.8, 4) is 17.2 Å². The second-order valence-corrected chi connectivity index (χ2v) is 6.16. The quantitative estimate of drug-likeness (QED) is 0.783. The summed E-state index contributed by atoms with van der Waals surface area (Å²) in [4.78, 5) is 12.4. The predicted octanol–water partition coefficient (Wildman–Crippen LogP) is 4.73. The Morgan fingerprint density at radius 2 is 1.72 bits per heavy atom. The highest BCUT2D eigenvalue weighted by Gasteiger charge is 2.18. The lowest BCUT2D eigenvalue weighted by Gasteiger charge is -2.17. The maximum Gasteiger partial charge on any atom is 0.265 e. The number of benzene rings is 2. The van der Waals surface area contributed by atoms with Crippen LogP contribution < -0.4 is 19.5 Å². The maximum absolute atomic E-state index is 12.4. The smallest absolute Gasteiger partial charge is 0.265 e. The van der Waals surface area contributed by atoms with Gasteiger partial charge in [0.1, 0.15) is 17.2 Å². The first-order valence-corrected chi connectivity index (χ1v) is 8.26. The average molecular weight is 384 g/mol. The van der Waals surface area contributed by atoms with Crippen molar-refractivity contribution in [3.05, 3.63) is 45.9 Å². The van der Waals surface area contributed by atoms with Crippen molar-refractivity contribution in [1.82, 2.24) is 0 Å². The van der Waals surface area contributed by atoms with E-state index in [1.807, 2.05) is 6.92 Å². The van der Waals surface area contributed by atoms with Crippen LogP contribution in [-0.4, -0.2) is 26.2 Å². The Bertz CT molecular complexity index is 780. The molecule has 0 saturated heterocycles. The molecule has 2 rings (SSSR count). The normalized spacial score (nSPS) is 11.6. The number of aryl methyl sites for hydroxylation is 1. The number of methoxy groups -OCH3 is 2. The largest absolute Gasteiger partial charge is 0.495 e. The third-order valence-electron chi connectivity index (χ3n) is 3.54. The van der Waals surface area contributed by atoms with Crippen LogP contribution in [-0.2, 0) is 4.79 Å². The van der Waals surface area contributed by atoms with Crippen LogP contribution >= 0.6 is 23.2 Å². The number of rotatable bonds is 6. The lowest BCUT2D eigenvalue weighted by Crippen LogP contribution is -2.30. The van der Waals surface area contributed by atoms with Crippen molar-refractivity contribution < 1.29 is 19.0 Å². The number of amides is 1. The van der Waals surface area contributed by atoms with Crippen molar-refractivity contribution in [2.24, 2.45) is 0 Å². The molecule has 0 aliphatic carbocycles. The molecular formula is C18H19Cl2NO4. The molecule has 0 saturated carbocycles. The summed E-state index contributed by atoms with van der Waals surface area (Å²) in [5, 5.41) is 3.78. The topological polar surface area (TPSA) is 56.8 Å². The summed E-state index contributed by atoms with van der Waals surface area (Å²) in [5.74, 6) is 1.08. The Morgan fingerprint density at radius 1 is 1.04 bits per heavy atom. The molecule has 0 unspecified atom stereocenters. The van der Waals surface area contributed by atoms with E-state index in [9.17, 15) is 4.79 Å². The standard InChI is InChI=1S/C18H19Cl2NO4/c1-10-7-12(5-6-13(10)19)25-11(2)18(22)21-15-9-16(23-3)14(20)8-17(15)24-4/h5-9,11H,1-4H3,(H,21,22)/t11-/m1/s1. The first kappa shape index (κ1) is 19.2. The Kier molecular flexibility index (Phi) is 6.39. The molecule has 0 radical (unpaired) electrons.